The van der Waals surface area contributed by atoms with Gasteiger partial charge in [0.15, 0.2) is 0 Å². The van der Waals surface area contributed by atoms with Crippen molar-refractivity contribution in [2.24, 2.45) is 5.92 Å². The second-order valence-corrected chi connectivity index (χ2v) is 6.70. The van der Waals surface area contributed by atoms with Gasteiger partial charge in [-0.05, 0) is 44.2 Å². The molecule has 0 aliphatic carbocycles. The number of aliphatic hydroxyl groups excluding tert-OH is 1. The van der Waals surface area contributed by atoms with Crippen molar-refractivity contribution in [1.29, 1.82) is 0 Å². The Bertz CT molecular complexity index is 519. The lowest BCUT2D eigenvalue weighted by Gasteiger charge is -2.25. The van der Waals surface area contributed by atoms with Crippen molar-refractivity contribution >= 4 is 11.7 Å². The molecule has 2 amide bonds. The van der Waals surface area contributed by atoms with Crippen molar-refractivity contribution in [3.63, 3.8) is 0 Å². The van der Waals surface area contributed by atoms with Crippen molar-refractivity contribution in [1.82, 2.24) is 10.6 Å². The van der Waals surface area contributed by atoms with Crippen LogP contribution < -0.4 is 15.5 Å². The van der Waals surface area contributed by atoms with Crippen LogP contribution in [-0.2, 0) is 6.42 Å². The number of carbonyl (C=O) groups is 1. The van der Waals surface area contributed by atoms with Crippen molar-refractivity contribution in [2.75, 3.05) is 24.5 Å². The number of nitrogens with zero attached hydrogens (tertiary/aromatic N) is 1. The van der Waals surface area contributed by atoms with E-state index >= 15 is 0 Å². The van der Waals surface area contributed by atoms with Crippen molar-refractivity contribution in [3.05, 3.63) is 29.8 Å². The van der Waals surface area contributed by atoms with E-state index in [1.165, 1.54) is 11.3 Å². The third-order valence-electron chi connectivity index (χ3n) is 4.34. The van der Waals surface area contributed by atoms with Gasteiger partial charge in [0.25, 0.3) is 0 Å². The van der Waals surface area contributed by atoms with Gasteiger partial charge in [-0.25, -0.2) is 4.79 Å². The molecule has 5 heteroatoms. The number of anilines is 1. The van der Waals surface area contributed by atoms with E-state index < -0.39 is 0 Å². The highest BCUT2D eigenvalue weighted by molar-refractivity contribution is 5.73. The summed E-state index contributed by atoms with van der Waals surface area (Å²) in [5, 5.41) is 15.1. The molecule has 0 bridgehead atoms. The zero-order valence-electron chi connectivity index (χ0n) is 14.4. The van der Waals surface area contributed by atoms with E-state index in [0.717, 1.165) is 13.0 Å². The molecule has 0 fully saturated rings. The zero-order chi connectivity index (χ0) is 16.8. The summed E-state index contributed by atoms with van der Waals surface area (Å²) in [6.07, 6.45) is 1.44. The molecule has 1 aliphatic heterocycles. The fourth-order valence-electron chi connectivity index (χ4n) is 3.26. The lowest BCUT2D eigenvalue weighted by molar-refractivity contribution is 0.163. The Hall–Kier alpha value is -1.75. The number of rotatable bonds is 7. The van der Waals surface area contributed by atoms with Gasteiger partial charge in [-0.3, -0.25) is 0 Å². The van der Waals surface area contributed by atoms with Crippen LogP contribution in [0.1, 0.15) is 32.8 Å². The molecule has 128 valence electrons. The Morgan fingerprint density at radius 3 is 2.83 bits per heavy atom. The Kier molecular flexibility index (Phi) is 6.28. The zero-order valence-corrected chi connectivity index (χ0v) is 14.4. The molecule has 1 aromatic carbocycles. The molecule has 0 saturated carbocycles. The maximum Gasteiger partial charge on any atom is 0.314 e. The Balaban J connectivity index is 1.70. The number of amides is 2. The van der Waals surface area contributed by atoms with Crippen LogP contribution in [-0.4, -0.2) is 42.9 Å². The quantitative estimate of drug-likeness (QED) is 0.721. The van der Waals surface area contributed by atoms with Gasteiger partial charge in [-0.1, -0.05) is 25.1 Å². The predicted octanol–water partition coefficient (Wildman–Crippen LogP) is 2.14. The fourth-order valence-corrected chi connectivity index (χ4v) is 3.26. The number of nitrogens with one attached hydrogen (secondary N) is 2. The molecule has 0 radical (unpaired) electrons. The summed E-state index contributed by atoms with van der Waals surface area (Å²) in [5.74, 6) is 0.270. The second-order valence-electron chi connectivity index (χ2n) is 6.70. The number of hydrogen-bond acceptors (Lipinski definition) is 3. The summed E-state index contributed by atoms with van der Waals surface area (Å²) in [4.78, 5) is 14.2. The molecule has 0 saturated heterocycles. The van der Waals surface area contributed by atoms with Gasteiger partial charge >= 0.3 is 6.03 Å². The normalized spacial score (nSPS) is 19.1. The summed E-state index contributed by atoms with van der Waals surface area (Å²) in [7, 11) is 0. The van der Waals surface area contributed by atoms with Crippen molar-refractivity contribution in [3.8, 4) is 0 Å². The fraction of sp³-hybridized carbons (Fsp3) is 0.611. The minimum atomic E-state index is -0.327. The van der Waals surface area contributed by atoms with Gasteiger partial charge in [0.1, 0.15) is 0 Å². The summed E-state index contributed by atoms with van der Waals surface area (Å²) < 4.78 is 0. The first-order chi connectivity index (χ1) is 11.0. The van der Waals surface area contributed by atoms with Gasteiger partial charge in [-0.2, -0.15) is 0 Å². The van der Waals surface area contributed by atoms with Gasteiger partial charge in [-0.15, -0.1) is 0 Å². The van der Waals surface area contributed by atoms with Gasteiger partial charge in [0.2, 0.25) is 0 Å². The molecule has 1 aliphatic rings. The van der Waals surface area contributed by atoms with E-state index in [0.29, 0.717) is 25.6 Å². The smallest absolute Gasteiger partial charge is 0.314 e. The summed E-state index contributed by atoms with van der Waals surface area (Å²) in [6, 6.07) is 8.81. The third kappa shape index (κ3) is 5.13. The topological polar surface area (TPSA) is 64.6 Å². The molecule has 0 aromatic heterocycles. The molecule has 23 heavy (non-hydrogen) atoms. The minimum absolute atomic E-state index is 0.137. The SMILES string of the molecule is CC(O)CC(C)CNC(=O)NCCN1c2ccccc2CC1C. The van der Waals surface area contributed by atoms with Crippen LogP contribution in [0.4, 0.5) is 10.5 Å². The Morgan fingerprint density at radius 1 is 1.35 bits per heavy atom. The largest absolute Gasteiger partial charge is 0.393 e. The second kappa shape index (κ2) is 8.20. The van der Waals surface area contributed by atoms with Crippen LogP contribution in [0, 0.1) is 5.92 Å². The molecular weight excluding hydrogens is 290 g/mol. The first-order valence-corrected chi connectivity index (χ1v) is 8.51. The number of benzene rings is 1. The molecule has 0 spiro atoms. The highest BCUT2D eigenvalue weighted by Gasteiger charge is 2.24. The molecule has 3 N–H and O–H groups in total. The van der Waals surface area contributed by atoms with Gasteiger partial charge < -0.3 is 20.6 Å². The first kappa shape index (κ1) is 17.6. The maximum absolute atomic E-state index is 11.8. The first-order valence-electron chi connectivity index (χ1n) is 8.51. The Morgan fingerprint density at radius 2 is 2.09 bits per heavy atom. The number of para-hydroxylation sites is 1. The average molecular weight is 319 g/mol. The average Bonchev–Trinajstić information content (AvgIpc) is 2.80. The maximum atomic E-state index is 11.8. The summed E-state index contributed by atoms with van der Waals surface area (Å²) in [5.41, 5.74) is 2.67. The van der Waals surface area contributed by atoms with E-state index in [-0.39, 0.29) is 18.1 Å². The molecule has 1 heterocycles. The third-order valence-corrected chi connectivity index (χ3v) is 4.34. The molecule has 3 atom stereocenters. The van der Waals surface area contributed by atoms with Crippen LogP contribution in [0.5, 0.6) is 0 Å². The predicted molar refractivity (Wildman–Crippen MR) is 93.8 cm³/mol. The molecule has 2 rings (SSSR count). The van der Waals surface area contributed by atoms with Crippen LogP contribution in [0.25, 0.3) is 0 Å². The number of hydrogen-bond donors (Lipinski definition) is 3. The molecule has 5 nitrogen and oxygen atoms in total. The number of carbonyl (C=O) groups excluding carboxylic acids is 1. The van der Waals surface area contributed by atoms with E-state index in [9.17, 15) is 9.90 Å². The molecule has 1 aromatic rings. The molecular formula is C18H29N3O2. The number of urea groups is 1. The van der Waals surface area contributed by atoms with Crippen LogP contribution in [0.3, 0.4) is 0 Å². The highest BCUT2D eigenvalue weighted by Crippen LogP contribution is 2.31. The van der Waals surface area contributed by atoms with Crippen molar-refractivity contribution in [2.45, 2.75) is 45.8 Å². The summed E-state index contributed by atoms with van der Waals surface area (Å²) >= 11 is 0. The van der Waals surface area contributed by atoms with E-state index in [2.05, 4.69) is 46.7 Å². The van der Waals surface area contributed by atoms with Crippen LogP contribution in [0.15, 0.2) is 24.3 Å². The number of aliphatic hydroxyl groups is 1. The monoisotopic (exact) mass is 319 g/mol. The van der Waals surface area contributed by atoms with Crippen LogP contribution >= 0.6 is 0 Å². The van der Waals surface area contributed by atoms with E-state index in [1.807, 2.05) is 6.92 Å². The molecule has 3 unspecified atom stereocenters. The summed E-state index contributed by atoms with van der Waals surface area (Å²) in [6.45, 7) is 8.03. The lowest BCUT2D eigenvalue weighted by atomic mass is 10.1. The van der Waals surface area contributed by atoms with Gasteiger partial charge in [0.05, 0.1) is 6.10 Å². The highest BCUT2D eigenvalue weighted by atomic mass is 16.3. The number of fused-ring (bicyclic) bond motifs is 1. The van der Waals surface area contributed by atoms with E-state index in [4.69, 9.17) is 0 Å². The van der Waals surface area contributed by atoms with Crippen molar-refractivity contribution < 1.29 is 9.90 Å². The standard InChI is InChI=1S/C18H29N3O2/c1-13(10-15(3)22)12-20-18(23)19-8-9-21-14(2)11-16-6-4-5-7-17(16)21/h4-7,13-15,22H,8-12H2,1-3H3,(H2,19,20,23). The van der Waals surface area contributed by atoms with Gasteiger partial charge in [0, 0.05) is 31.4 Å². The van der Waals surface area contributed by atoms with Crippen LogP contribution in [0.2, 0.25) is 0 Å². The minimum Gasteiger partial charge on any atom is -0.393 e. The van der Waals surface area contributed by atoms with E-state index in [1.54, 1.807) is 6.92 Å². The lowest BCUT2D eigenvalue weighted by Crippen LogP contribution is -2.43. The Labute approximate surface area is 139 Å².